The number of rotatable bonds is 3. The van der Waals surface area contributed by atoms with Crippen LogP contribution in [0.15, 0.2) is 16.3 Å². The minimum Gasteiger partial charge on any atom is -0.465 e. The van der Waals surface area contributed by atoms with E-state index < -0.39 is 15.8 Å². The highest BCUT2D eigenvalue weighted by atomic mass is 32.2. The molecule has 78 valence electrons. The zero-order valence-electron chi connectivity index (χ0n) is 7.81. The Morgan fingerprint density at radius 1 is 1.50 bits per heavy atom. The molecule has 1 rings (SSSR count). The summed E-state index contributed by atoms with van der Waals surface area (Å²) >= 11 is 0.935. The molecule has 0 atom stereocenters. The lowest BCUT2D eigenvalue weighted by Gasteiger charge is -1.94. The molecular formula is C8H10O4S2. The quantitative estimate of drug-likeness (QED) is 0.740. The number of sulfone groups is 1. The Morgan fingerprint density at radius 2 is 2.14 bits per heavy atom. The maximum absolute atomic E-state index is 11.4. The summed E-state index contributed by atoms with van der Waals surface area (Å²) in [5.74, 6) is -0.471. The topological polar surface area (TPSA) is 60.4 Å². The third-order valence-electron chi connectivity index (χ3n) is 1.65. The Morgan fingerprint density at radius 3 is 2.64 bits per heavy atom. The summed E-state index contributed by atoms with van der Waals surface area (Å²) in [7, 11) is -1.95. The van der Waals surface area contributed by atoms with Gasteiger partial charge in [-0.2, -0.15) is 0 Å². The average molecular weight is 234 g/mol. The summed E-state index contributed by atoms with van der Waals surface area (Å²) < 4.78 is 27.4. The highest BCUT2D eigenvalue weighted by Crippen LogP contribution is 2.22. The molecule has 0 fully saturated rings. The normalized spacial score (nSPS) is 11.3. The predicted octanol–water partition coefficient (Wildman–Crippen LogP) is 1.33. The van der Waals surface area contributed by atoms with Crippen LogP contribution in [0.1, 0.15) is 16.6 Å². The first-order chi connectivity index (χ1) is 6.51. The highest BCUT2D eigenvalue weighted by Gasteiger charge is 2.17. The standard InChI is InChI=1S/C8H10O4S2/c1-3-14(10,11)7-5-4-6(13-7)8(9)12-2/h4-5H,3H2,1-2H3. The van der Waals surface area contributed by atoms with E-state index in [0.29, 0.717) is 4.88 Å². The van der Waals surface area contributed by atoms with Crippen molar-refractivity contribution >= 4 is 27.1 Å². The molecule has 0 N–H and O–H groups in total. The van der Waals surface area contributed by atoms with Gasteiger partial charge in [0.2, 0.25) is 0 Å². The second-order valence-electron chi connectivity index (χ2n) is 2.51. The third kappa shape index (κ3) is 2.13. The van der Waals surface area contributed by atoms with E-state index in [2.05, 4.69) is 4.74 Å². The number of carbonyl (C=O) groups excluding carboxylic acids is 1. The molecule has 0 saturated carbocycles. The number of hydrogen-bond acceptors (Lipinski definition) is 5. The van der Waals surface area contributed by atoms with Gasteiger partial charge < -0.3 is 4.74 Å². The van der Waals surface area contributed by atoms with E-state index >= 15 is 0 Å². The minimum atomic E-state index is -3.21. The van der Waals surface area contributed by atoms with E-state index in [9.17, 15) is 13.2 Å². The van der Waals surface area contributed by atoms with E-state index in [4.69, 9.17) is 0 Å². The van der Waals surface area contributed by atoms with Gasteiger partial charge in [-0.1, -0.05) is 6.92 Å². The highest BCUT2D eigenvalue weighted by molar-refractivity contribution is 7.93. The molecule has 6 heteroatoms. The van der Waals surface area contributed by atoms with Crippen molar-refractivity contribution in [3.05, 3.63) is 17.0 Å². The Balaban J connectivity index is 3.06. The number of esters is 1. The van der Waals surface area contributed by atoms with Crippen molar-refractivity contribution in [3.63, 3.8) is 0 Å². The fourth-order valence-corrected chi connectivity index (χ4v) is 3.19. The van der Waals surface area contributed by atoms with Gasteiger partial charge in [-0.15, -0.1) is 11.3 Å². The number of hydrogen-bond donors (Lipinski definition) is 0. The molecule has 4 nitrogen and oxygen atoms in total. The van der Waals surface area contributed by atoms with Gasteiger partial charge in [0.1, 0.15) is 9.09 Å². The summed E-state index contributed by atoms with van der Waals surface area (Å²) in [6.45, 7) is 1.56. The van der Waals surface area contributed by atoms with Crippen LogP contribution >= 0.6 is 11.3 Å². The van der Waals surface area contributed by atoms with Crippen LogP contribution in [0.5, 0.6) is 0 Å². The maximum Gasteiger partial charge on any atom is 0.348 e. The van der Waals surface area contributed by atoms with Gasteiger partial charge in [-0.3, -0.25) is 0 Å². The SMILES string of the molecule is CCS(=O)(=O)c1ccc(C(=O)OC)s1. The van der Waals surface area contributed by atoms with Crippen LogP contribution in [0.25, 0.3) is 0 Å². The summed E-state index contributed by atoms with van der Waals surface area (Å²) in [6, 6.07) is 2.88. The van der Waals surface area contributed by atoms with E-state index in [1.807, 2.05) is 0 Å². The van der Waals surface area contributed by atoms with Gasteiger partial charge in [0.05, 0.1) is 12.9 Å². The fourth-order valence-electron chi connectivity index (χ4n) is 0.840. The zero-order chi connectivity index (χ0) is 10.8. The van der Waals surface area contributed by atoms with E-state index in [1.54, 1.807) is 6.92 Å². The van der Waals surface area contributed by atoms with E-state index in [-0.39, 0.29) is 9.96 Å². The van der Waals surface area contributed by atoms with Crippen LogP contribution < -0.4 is 0 Å². The first-order valence-corrected chi connectivity index (χ1v) is 6.39. The molecule has 14 heavy (non-hydrogen) atoms. The lowest BCUT2D eigenvalue weighted by atomic mass is 10.5. The third-order valence-corrected chi connectivity index (χ3v) is 5.04. The molecule has 0 aromatic carbocycles. The van der Waals surface area contributed by atoms with Gasteiger partial charge >= 0.3 is 5.97 Å². The van der Waals surface area contributed by atoms with Crippen molar-refractivity contribution in [1.29, 1.82) is 0 Å². The predicted molar refractivity (Wildman–Crippen MR) is 53.4 cm³/mol. The lowest BCUT2D eigenvalue weighted by molar-refractivity contribution is 0.0606. The molecule has 0 unspecified atom stereocenters. The molecule has 1 aromatic rings. The molecule has 0 aliphatic carbocycles. The summed E-state index contributed by atoms with van der Waals surface area (Å²) in [5, 5.41) is 0. The van der Waals surface area contributed by atoms with Crippen LogP contribution in [0, 0.1) is 0 Å². The van der Waals surface area contributed by atoms with Crippen molar-refractivity contribution in [3.8, 4) is 0 Å². The average Bonchev–Trinajstić information content (AvgIpc) is 2.66. The van der Waals surface area contributed by atoms with E-state index in [0.717, 1.165) is 11.3 Å². The number of carbonyl (C=O) groups is 1. The fraction of sp³-hybridized carbons (Fsp3) is 0.375. The number of methoxy groups -OCH3 is 1. The first-order valence-electron chi connectivity index (χ1n) is 3.92. The molecular weight excluding hydrogens is 224 g/mol. The molecule has 0 bridgehead atoms. The Labute approximate surface area is 86.4 Å². The van der Waals surface area contributed by atoms with Crippen molar-refractivity contribution in [2.45, 2.75) is 11.1 Å². The van der Waals surface area contributed by atoms with Crippen LogP contribution in [0.3, 0.4) is 0 Å². The van der Waals surface area contributed by atoms with E-state index in [1.165, 1.54) is 19.2 Å². The monoisotopic (exact) mass is 234 g/mol. The largest absolute Gasteiger partial charge is 0.465 e. The molecule has 0 spiro atoms. The van der Waals surface area contributed by atoms with Gasteiger partial charge in [0.15, 0.2) is 9.84 Å². The Bertz CT molecular complexity index is 430. The minimum absolute atomic E-state index is 0.0358. The number of thiophene rings is 1. The molecule has 0 amide bonds. The molecule has 0 saturated heterocycles. The van der Waals surface area contributed by atoms with Gasteiger partial charge in [0, 0.05) is 0 Å². The zero-order valence-corrected chi connectivity index (χ0v) is 9.44. The van der Waals surface area contributed by atoms with Gasteiger partial charge in [-0.05, 0) is 12.1 Å². The van der Waals surface area contributed by atoms with Crippen molar-refractivity contribution in [2.75, 3.05) is 12.9 Å². The lowest BCUT2D eigenvalue weighted by Crippen LogP contribution is -2.00. The van der Waals surface area contributed by atoms with Gasteiger partial charge in [-0.25, -0.2) is 13.2 Å². The first kappa shape index (κ1) is 11.2. The molecule has 1 aromatic heterocycles. The smallest absolute Gasteiger partial charge is 0.348 e. The molecule has 0 radical (unpaired) electrons. The van der Waals surface area contributed by atoms with Crippen LogP contribution in [-0.2, 0) is 14.6 Å². The van der Waals surface area contributed by atoms with Crippen LogP contribution in [0.2, 0.25) is 0 Å². The Hall–Kier alpha value is -0.880. The van der Waals surface area contributed by atoms with Crippen molar-refractivity contribution in [1.82, 2.24) is 0 Å². The summed E-state index contributed by atoms with van der Waals surface area (Å²) in [4.78, 5) is 11.3. The van der Waals surface area contributed by atoms with Crippen molar-refractivity contribution < 1.29 is 17.9 Å². The molecule has 0 aliphatic rings. The van der Waals surface area contributed by atoms with Crippen molar-refractivity contribution in [2.24, 2.45) is 0 Å². The molecule has 1 heterocycles. The van der Waals surface area contributed by atoms with Gasteiger partial charge in [0.25, 0.3) is 0 Å². The van der Waals surface area contributed by atoms with Crippen LogP contribution in [-0.4, -0.2) is 27.2 Å². The maximum atomic E-state index is 11.4. The van der Waals surface area contributed by atoms with Crippen LogP contribution in [0.4, 0.5) is 0 Å². The Kier molecular flexibility index (Phi) is 3.28. The summed E-state index contributed by atoms with van der Waals surface area (Å²) in [5.41, 5.74) is 0. The second kappa shape index (κ2) is 4.10. The number of ether oxygens (including phenoxy) is 1. The molecule has 0 aliphatic heterocycles. The second-order valence-corrected chi connectivity index (χ2v) is 6.10. The summed E-state index contributed by atoms with van der Waals surface area (Å²) in [6.07, 6.45) is 0.